The SMILES string of the molecule is CCc1ccc([C@@H](C)NC(=O)Cc2c(C)nc3nc(N)nn3c2C)cc1. The Morgan fingerprint density at radius 3 is 2.58 bits per heavy atom. The molecule has 7 heteroatoms. The molecular weight excluding hydrogens is 328 g/mol. The van der Waals surface area contributed by atoms with Crippen LogP contribution in [-0.4, -0.2) is 25.5 Å². The fourth-order valence-corrected chi connectivity index (χ4v) is 3.06. The molecule has 0 aliphatic carbocycles. The van der Waals surface area contributed by atoms with E-state index in [1.165, 1.54) is 5.56 Å². The Hall–Kier alpha value is -2.96. The smallest absolute Gasteiger partial charge is 0.254 e. The number of hydrogen-bond donors (Lipinski definition) is 2. The number of nitrogens with two attached hydrogens (primary N) is 1. The van der Waals surface area contributed by atoms with Crippen LogP contribution in [0.15, 0.2) is 24.3 Å². The topological polar surface area (TPSA) is 98.2 Å². The number of anilines is 1. The molecular formula is C19H24N6O. The predicted molar refractivity (Wildman–Crippen MR) is 101 cm³/mol. The number of nitrogens with one attached hydrogen (secondary N) is 1. The maximum absolute atomic E-state index is 12.6. The molecule has 0 saturated carbocycles. The van der Waals surface area contributed by atoms with Crippen LogP contribution >= 0.6 is 0 Å². The van der Waals surface area contributed by atoms with Crippen LogP contribution in [0, 0.1) is 13.8 Å². The van der Waals surface area contributed by atoms with Crippen LogP contribution in [-0.2, 0) is 17.6 Å². The minimum Gasteiger partial charge on any atom is -0.366 e. The maximum Gasteiger partial charge on any atom is 0.254 e. The normalized spacial score (nSPS) is 12.3. The Morgan fingerprint density at radius 1 is 1.23 bits per heavy atom. The van der Waals surface area contributed by atoms with Crippen molar-refractivity contribution in [2.75, 3.05) is 5.73 Å². The lowest BCUT2D eigenvalue weighted by Crippen LogP contribution is -2.29. The molecule has 3 rings (SSSR count). The number of benzene rings is 1. The molecule has 26 heavy (non-hydrogen) atoms. The number of carbonyl (C=O) groups is 1. The van der Waals surface area contributed by atoms with E-state index in [9.17, 15) is 4.79 Å². The Labute approximate surface area is 152 Å². The first-order valence-corrected chi connectivity index (χ1v) is 8.75. The van der Waals surface area contributed by atoms with Crippen LogP contribution in [0.3, 0.4) is 0 Å². The van der Waals surface area contributed by atoms with Gasteiger partial charge in [0.2, 0.25) is 11.9 Å². The van der Waals surface area contributed by atoms with Gasteiger partial charge in [0.25, 0.3) is 5.78 Å². The third kappa shape index (κ3) is 3.51. The first kappa shape index (κ1) is 17.8. The van der Waals surface area contributed by atoms with Gasteiger partial charge < -0.3 is 11.1 Å². The molecule has 0 aliphatic heterocycles. The second kappa shape index (κ2) is 7.11. The van der Waals surface area contributed by atoms with E-state index in [4.69, 9.17) is 5.73 Å². The number of nitrogen functional groups attached to an aromatic ring is 1. The number of hydrogen-bond acceptors (Lipinski definition) is 5. The summed E-state index contributed by atoms with van der Waals surface area (Å²) in [5, 5.41) is 7.19. The molecule has 0 aliphatic rings. The summed E-state index contributed by atoms with van der Waals surface area (Å²) in [7, 11) is 0. The van der Waals surface area contributed by atoms with Gasteiger partial charge in [-0.2, -0.15) is 9.50 Å². The first-order valence-electron chi connectivity index (χ1n) is 8.75. The third-order valence-electron chi connectivity index (χ3n) is 4.67. The number of aryl methyl sites for hydroxylation is 3. The highest BCUT2D eigenvalue weighted by atomic mass is 16.1. The van der Waals surface area contributed by atoms with Crippen LogP contribution in [0.25, 0.3) is 5.78 Å². The summed E-state index contributed by atoms with van der Waals surface area (Å²) < 4.78 is 1.58. The van der Waals surface area contributed by atoms with Gasteiger partial charge in [-0.15, -0.1) is 5.10 Å². The number of nitrogens with zero attached hydrogens (tertiary/aromatic N) is 4. The summed E-state index contributed by atoms with van der Waals surface area (Å²) >= 11 is 0. The highest BCUT2D eigenvalue weighted by Crippen LogP contribution is 2.17. The summed E-state index contributed by atoms with van der Waals surface area (Å²) in [6.07, 6.45) is 1.24. The molecule has 1 aromatic carbocycles. The lowest BCUT2D eigenvalue weighted by Gasteiger charge is -2.16. The Kier molecular flexibility index (Phi) is 4.88. The second-order valence-corrected chi connectivity index (χ2v) is 6.50. The van der Waals surface area contributed by atoms with E-state index in [2.05, 4.69) is 51.6 Å². The molecule has 136 valence electrons. The van der Waals surface area contributed by atoms with Gasteiger partial charge in [-0.25, -0.2) is 4.98 Å². The zero-order chi connectivity index (χ0) is 18.8. The largest absolute Gasteiger partial charge is 0.366 e. The average Bonchev–Trinajstić information content (AvgIpc) is 2.99. The van der Waals surface area contributed by atoms with E-state index in [0.29, 0.717) is 5.78 Å². The summed E-state index contributed by atoms with van der Waals surface area (Å²) in [6, 6.07) is 8.25. The van der Waals surface area contributed by atoms with Crippen molar-refractivity contribution in [1.29, 1.82) is 0 Å². The minimum absolute atomic E-state index is 0.0579. The molecule has 0 fully saturated rings. The summed E-state index contributed by atoms with van der Waals surface area (Å²) in [6.45, 7) is 7.87. The molecule has 2 heterocycles. The minimum atomic E-state index is -0.0623. The van der Waals surface area contributed by atoms with Crippen LogP contribution in [0.4, 0.5) is 5.95 Å². The van der Waals surface area contributed by atoms with Crippen LogP contribution < -0.4 is 11.1 Å². The summed E-state index contributed by atoms with van der Waals surface area (Å²) in [5.74, 6) is 0.564. The number of rotatable bonds is 5. The molecule has 1 amide bonds. The van der Waals surface area contributed by atoms with E-state index in [0.717, 1.165) is 28.9 Å². The molecule has 1 atom stereocenters. The average molecular weight is 352 g/mol. The Morgan fingerprint density at radius 2 is 1.92 bits per heavy atom. The molecule has 0 radical (unpaired) electrons. The fourth-order valence-electron chi connectivity index (χ4n) is 3.06. The summed E-state index contributed by atoms with van der Waals surface area (Å²) in [5.41, 5.74) is 10.4. The number of amides is 1. The molecule has 0 unspecified atom stereocenters. The van der Waals surface area contributed by atoms with E-state index in [1.54, 1.807) is 4.52 Å². The van der Waals surface area contributed by atoms with Crippen LogP contribution in [0.1, 0.15) is 48.0 Å². The fraction of sp³-hybridized carbons (Fsp3) is 0.368. The van der Waals surface area contributed by atoms with Gasteiger partial charge in [-0.1, -0.05) is 31.2 Å². The lowest BCUT2D eigenvalue weighted by molar-refractivity contribution is -0.121. The van der Waals surface area contributed by atoms with Crippen molar-refractivity contribution in [3.63, 3.8) is 0 Å². The molecule has 3 N–H and O–H groups in total. The lowest BCUT2D eigenvalue weighted by atomic mass is 10.0. The Bertz CT molecular complexity index is 945. The third-order valence-corrected chi connectivity index (χ3v) is 4.67. The van der Waals surface area contributed by atoms with Gasteiger partial charge in [0.05, 0.1) is 12.5 Å². The first-order chi connectivity index (χ1) is 12.4. The van der Waals surface area contributed by atoms with E-state index in [1.807, 2.05) is 20.8 Å². The van der Waals surface area contributed by atoms with Crippen molar-refractivity contribution < 1.29 is 4.79 Å². The molecule has 0 saturated heterocycles. The van der Waals surface area contributed by atoms with Crippen molar-refractivity contribution in [1.82, 2.24) is 24.9 Å². The maximum atomic E-state index is 12.6. The van der Waals surface area contributed by atoms with Gasteiger partial charge in [0.15, 0.2) is 0 Å². The van der Waals surface area contributed by atoms with Crippen molar-refractivity contribution in [3.8, 4) is 0 Å². The molecule has 0 spiro atoms. The molecule has 2 aromatic heterocycles. The summed E-state index contributed by atoms with van der Waals surface area (Å²) in [4.78, 5) is 21.0. The van der Waals surface area contributed by atoms with Gasteiger partial charge >= 0.3 is 0 Å². The number of fused-ring (bicyclic) bond motifs is 1. The standard InChI is InChI=1S/C19H24N6O/c1-5-14-6-8-15(9-7-14)11(2)21-17(26)10-16-12(3)22-19-23-18(20)24-25(19)13(16)4/h6-9,11H,5,10H2,1-4H3,(H2,20,24)(H,21,26)/t11-/m1/s1. The zero-order valence-electron chi connectivity index (χ0n) is 15.6. The second-order valence-electron chi connectivity index (χ2n) is 6.50. The molecule has 0 bridgehead atoms. The van der Waals surface area contributed by atoms with Gasteiger partial charge in [0.1, 0.15) is 0 Å². The highest BCUT2D eigenvalue weighted by molar-refractivity contribution is 5.79. The van der Waals surface area contributed by atoms with E-state index in [-0.39, 0.29) is 24.3 Å². The van der Waals surface area contributed by atoms with Crippen molar-refractivity contribution in [3.05, 3.63) is 52.3 Å². The van der Waals surface area contributed by atoms with Gasteiger partial charge in [-0.05, 0) is 38.3 Å². The predicted octanol–water partition coefficient (Wildman–Crippen LogP) is 2.31. The van der Waals surface area contributed by atoms with E-state index >= 15 is 0 Å². The van der Waals surface area contributed by atoms with Crippen molar-refractivity contribution in [2.45, 2.75) is 46.6 Å². The zero-order valence-corrected chi connectivity index (χ0v) is 15.6. The number of carbonyl (C=O) groups excluding carboxylic acids is 1. The molecule has 3 aromatic rings. The highest BCUT2D eigenvalue weighted by Gasteiger charge is 2.17. The van der Waals surface area contributed by atoms with Crippen molar-refractivity contribution >= 4 is 17.6 Å². The quantitative estimate of drug-likeness (QED) is 0.734. The van der Waals surface area contributed by atoms with Gasteiger partial charge in [0, 0.05) is 17.0 Å². The van der Waals surface area contributed by atoms with E-state index < -0.39 is 0 Å². The van der Waals surface area contributed by atoms with Crippen LogP contribution in [0.2, 0.25) is 0 Å². The molecule has 7 nitrogen and oxygen atoms in total. The monoisotopic (exact) mass is 352 g/mol. The van der Waals surface area contributed by atoms with Crippen LogP contribution in [0.5, 0.6) is 0 Å². The number of aromatic nitrogens is 4. The van der Waals surface area contributed by atoms with Crippen molar-refractivity contribution in [2.24, 2.45) is 0 Å². The van der Waals surface area contributed by atoms with Gasteiger partial charge in [-0.3, -0.25) is 4.79 Å². The Balaban J connectivity index is 1.76.